The van der Waals surface area contributed by atoms with Crippen LogP contribution in [0.3, 0.4) is 0 Å². The Hall–Kier alpha value is -5.56. The molecule has 0 atom stereocenters. The van der Waals surface area contributed by atoms with Crippen molar-refractivity contribution in [3.8, 4) is 0 Å². The molecule has 0 aliphatic rings. The molecule has 6 N–H and O–H groups in total. The lowest BCUT2D eigenvalue weighted by Crippen LogP contribution is -2.34. The van der Waals surface area contributed by atoms with E-state index in [0.29, 0.717) is 296 Å². The first-order valence-electron chi connectivity index (χ1n) is 37.0. The topological polar surface area (TPSA) is 421 Å². The van der Waals surface area contributed by atoms with Gasteiger partial charge in [-0.25, -0.2) is 18.7 Å². The number of amides is 3. The van der Waals surface area contributed by atoms with E-state index < -0.39 is 0 Å². The second-order valence-electron chi connectivity index (χ2n) is 23.1. The third kappa shape index (κ3) is 63.1. The van der Waals surface area contributed by atoms with Gasteiger partial charge in [0.1, 0.15) is 5.69 Å². The molecule has 0 unspecified atom stereocenters. The molecule has 0 aliphatic heterocycles. The molecule has 0 radical (unpaired) electrons. The van der Waals surface area contributed by atoms with Crippen LogP contribution in [0.5, 0.6) is 0 Å². The smallest absolute Gasteiger partial charge is 0.222 e. The van der Waals surface area contributed by atoms with Crippen molar-refractivity contribution in [2.45, 2.75) is 72.9 Å². The third-order valence-electron chi connectivity index (χ3n) is 14.3. The monoisotopic (exact) mass is 1570 g/mol. The van der Waals surface area contributed by atoms with Gasteiger partial charge in [0, 0.05) is 98.3 Å². The minimum Gasteiger partial charge on any atom is -0.379 e. The molecular weight excluding hydrogens is 1440 g/mol. The van der Waals surface area contributed by atoms with Crippen molar-refractivity contribution >= 4 is 30.5 Å². The summed E-state index contributed by atoms with van der Waals surface area (Å²) >= 11 is 3.54. The van der Waals surface area contributed by atoms with Crippen molar-refractivity contribution < 1.29 is 99.6 Å². The molecule has 108 heavy (non-hydrogen) atoms. The molecule has 40 nitrogen and oxygen atoms in total. The Morgan fingerprint density at radius 3 is 0.806 bits per heavy atom. The van der Waals surface area contributed by atoms with Gasteiger partial charge in [-0.15, -0.1) is 20.4 Å². The minimum atomic E-state index is -0.110. The van der Waals surface area contributed by atoms with Gasteiger partial charge in [-0.2, -0.15) is 0 Å². The highest BCUT2D eigenvalue weighted by Crippen LogP contribution is 2.00. The first-order chi connectivity index (χ1) is 53.0. The van der Waals surface area contributed by atoms with E-state index in [4.69, 9.17) is 91.0 Å². The molecule has 0 fully saturated rings. The number of nitrogens with zero attached hydrogens (tertiary/aromatic N) is 14. The summed E-state index contributed by atoms with van der Waals surface area (Å²) in [5.41, 5.74) is 8.77. The maximum absolute atomic E-state index is 11.2. The summed E-state index contributed by atoms with van der Waals surface area (Å²) < 4.78 is 111. The van der Waals surface area contributed by atoms with Crippen LogP contribution in [0, 0.1) is 13.8 Å². The van der Waals surface area contributed by atoms with Crippen molar-refractivity contribution in [3.05, 3.63) is 47.6 Å². The van der Waals surface area contributed by atoms with E-state index in [0.717, 1.165) is 56.4 Å². The van der Waals surface area contributed by atoms with Crippen LogP contribution in [0.4, 0.5) is 0 Å². The van der Waals surface area contributed by atoms with Crippen LogP contribution in [0.25, 0.3) is 0 Å². The van der Waals surface area contributed by atoms with Gasteiger partial charge in [0.15, 0.2) is 0 Å². The number of nitrogens with one attached hydrogen (secondary N) is 4. The summed E-state index contributed by atoms with van der Waals surface area (Å²) in [7, 11) is 4.95. The Bertz CT molecular complexity index is 2650. The summed E-state index contributed by atoms with van der Waals surface area (Å²) in [5, 5.41) is 39.7. The maximum atomic E-state index is 11.2. The summed E-state index contributed by atoms with van der Waals surface area (Å²) in [6, 6.07) is 0. The number of rotatable bonds is 75. The predicted octanol–water partition coefficient (Wildman–Crippen LogP) is -1.92. The Morgan fingerprint density at radius 2 is 0.574 bits per heavy atom. The van der Waals surface area contributed by atoms with E-state index in [2.05, 4.69) is 84.5 Å². The molecule has 0 saturated carbocycles. The number of carbonyl (C=O) groups excluding carboxylic acids is 3. The zero-order chi connectivity index (χ0) is 77.9. The van der Waals surface area contributed by atoms with E-state index in [-0.39, 0.29) is 17.7 Å². The number of thiol groups is 1. The van der Waals surface area contributed by atoms with Crippen LogP contribution in [0.15, 0.2) is 24.8 Å². The largest absolute Gasteiger partial charge is 0.379 e. The van der Waals surface area contributed by atoms with Crippen LogP contribution in [0.2, 0.25) is 0 Å². The van der Waals surface area contributed by atoms with E-state index in [1.807, 2.05) is 32.4 Å². The summed E-state index contributed by atoms with van der Waals surface area (Å²) in [5.74, 6) is -0.199. The zero-order valence-corrected chi connectivity index (χ0v) is 65.9. The summed E-state index contributed by atoms with van der Waals surface area (Å²) in [6.45, 7) is 30.5. The number of ether oxygens (including phenoxy) is 18. The van der Waals surface area contributed by atoms with Crippen molar-refractivity contribution in [1.29, 1.82) is 0 Å². The first kappa shape index (κ1) is 98.5. The van der Waals surface area contributed by atoms with Crippen LogP contribution >= 0.6 is 12.8 Å². The number of carbonyl (C=O) groups is 3. The summed E-state index contributed by atoms with van der Waals surface area (Å²) in [4.78, 5) is 37.9. The molecule has 4 rings (SSSR count). The highest BCUT2D eigenvalue weighted by molar-refractivity contribution is 7.78. The number of hydrogen-bond acceptors (Lipinski definition) is 34. The maximum Gasteiger partial charge on any atom is 0.222 e. The highest BCUT2D eigenvalue weighted by atomic mass is 32.1. The molecule has 0 saturated heterocycles. The van der Waals surface area contributed by atoms with Gasteiger partial charge < -0.3 is 107 Å². The molecule has 41 heteroatoms. The van der Waals surface area contributed by atoms with Gasteiger partial charge >= 0.3 is 0 Å². The zero-order valence-electron chi connectivity index (χ0n) is 65.0. The molecule has 3 amide bonds. The van der Waals surface area contributed by atoms with Crippen molar-refractivity contribution in [1.82, 2.24) is 90.4 Å². The average Bonchev–Trinajstić information content (AvgIpc) is 1.82. The minimum absolute atomic E-state index is 0.0422. The Balaban J connectivity index is 0.000000708. The number of hydrogen-bond donors (Lipinski definition) is 6. The Kier molecular flexibility index (Phi) is 67.7. The molecule has 0 aliphatic carbocycles. The fourth-order valence-corrected chi connectivity index (χ4v) is 8.59. The fraction of sp³-hybridized carbons (Fsp3) is 0.836. The molecule has 0 spiro atoms. The van der Waals surface area contributed by atoms with Crippen LogP contribution in [-0.2, 0) is 139 Å². The van der Waals surface area contributed by atoms with Gasteiger partial charge in [-0.1, -0.05) is 33.7 Å². The Morgan fingerprint density at radius 1 is 0.352 bits per heavy atom. The molecule has 624 valence electrons. The van der Waals surface area contributed by atoms with E-state index in [9.17, 15) is 14.4 Å². The van der Waals surface area contributed by atoms with Crippen molar-refractivity contribution in [2.24, 2.45) is 5.73 Å². The normalized spacial score (nSPS) is 11.4. The fourth-order valence-electron chi connectivity index (χ4n) is 8.59. The average molecular weight is 1570 g/mol. The van der Waals surface area contributed by atoms with Crippen LogP contribution < -0.4 is 26.4 Å². The van der Waals surface area contributed by atoms with Gasteiger partial charge in [-0.3, -0.25) is 28.9 Å². The molecular formula is C67H129N19O21S. The van der Waals surface area contributed by atoms with Gasteiger partial charge in [-0.05, 0) is 20.9 Å². The SMILES string of the molecule is CNC(=O)CCOCCOCCOCCN(CCOCCOCCOCCn1cc(C)nn1)CCOCCOCCOCCn1cc(CN)nn1.CNC(=O)CCOCCOCCOCCN(CCOCCOCCOCCn1cc(C)nn1)CCOCCOCCOCCn1cc(CNC(C)=O)nn1.CNS. The molecule has 0 bridgehead atoms. The highest BCUT2D eigenvalue weighted by Gasteiger charge is 2.10. The number of aromatic nitrogens is 12. The summed E-state index contributed by atoms with van der Waals surface area (Å²) in [6.07, 6.45) is 8.04. The molecule has 4 heterocycles. The first-order valence-corrected chi connectivity index (χ1v) is 37.4. The van der Waals surface area contributed by atoms with Gasteiger partial charge in [0.2, 0.25) is 17.7 Å². The lowest BCUT2D eigenvalue weighted by molar-refractivity contribution is -0.122. The lowest BCUT2D eigenvalue weighted by atomic mass is 10.4. The Labute approximate surface area is 642 Å². The van der Waals surface area contributed by atoms with E-state index in [1.54, 1.807) is 46.1 Å². The van der Waals surface area contributed by atoms with Crippen molar-refractivity contribution in [2.75, 3.05) is 298 Å². The predicted molar refractivity (Wildman–Crippen MR) is 398 cm³/mol. The second-order valence-corrected chi connectivity index (χ2v) is 23.5. The molecule has 0 aromatic carbocycles. The second kappa shape index (κ2) is 74.2. The number of nitrogens with two attached hydrogens (primary N) is 1. The quantitative estimate of drug-likeness (QED) is 0.0207. The van der Waals surface area contributed by atoms with Crippen LogP contribution in [0.1, 0.15) is 42.5 Å². The number of aryl methyl sites for hydroxylation is 2. The van der Waals surface area contributed by atoms with Crippen molar-refractivity contribution in [3.63, 3.8) is 0 Å². The molecule has 4 aromatic heterocycles. The van der Waals surface area contributed by atoms with E-state index >= 15 is 0 Å². The molecule has 4 aromatic rings. The standard InChI is InChI=1S/C34H63N9O11.C32H61N9O10.CH5NS/c1-31-29-42(39-37-31)8-14-50-20-26-53-24-18-48-12-6-41(5-11-47-17-23-52-22-16-46-10-4-34(45)35-3)7-13-49-19-25-54-27-21-51-15-9-43-30-33(38-40-43)28-36-32(2)44;1-30-28-40(37-35-30)7-13-47-19-25-50-23-17-45-11-5-39(4-10-44-16-22-49-21-15-43-9-3-32(42)34-2)6-12-46-18-24-51-26-20-48-14-8-41-29-31(27-33)36-38-41;1-2-3/h29-30H,4-28H2,1-3H3,(H,35,45)(H,36,44);28-29H,3-27,33H2,1-2H3,(H,34,42);2-3H,1H3. The lowest BCUT2D eigenvalue weighted by Gasteiger charge is -2.22. The van der Waals surface area contributed by atoms with Crippen LogP contribution in [-0.4, -0.2) is 386 Å². The van der Waals surface area contributed by atoms with Gasteiger partial charge in [0.05, 0.1) is 294 Å². The third-order valence-corrected chi connectivity index (χ3v) is 14.3. The van der Waals surface area contributed by atoms with Gasteiger partial charge in [0.25, 0.3) is 0 Å². The van der Waals surface area contributed by atoms with E-state index in [1.165, 1.54) is 6.92 Å².